The fourth-order valence-electron chi connectivity index (χ4n) is 2.07. The smallest absolute Gasteiger partial charge is 0.231 e. The molecule has 2 N–H and O–H groups in total. The van der Waals surface area contributed by atoms with Gasteiger partial charge >= 0.3 is 0 Å². The highest BCUT2D eigenvalue weighted by atomic mass is 127. The number of nitrogens with zero attached hydrogens (tertiary/aromatic N) is 1. The van der Waals surface area contributed by atoms with Gasteiger partial charge in [-0.05, 0) is 38.0 Å². The van der Waals surface area contributed by atoms with Gasteiger partial charge in [-0.2, -0.15) is 0 Å². The van der Waals surface area contributed by atoms with Crippen LogP contribution >= 0.6 is 24.0 Å². The van der Waals surface area contributed by atoms with Crippen molar-refractivity contribution >= 4 is 39.8 Å². The number of guanidine groups is 1. The highest BCUT2D eigenvalue weighted by Gasteiger charge is 2.30. The molecule has 7 nitrogen and oxygen atoms in total. The van der Waals surface area contributed by atoms with Crippen molar-refractivity contribution in [3.63, 3.8) is 0 Å². The van der Waals surface area contributed by atoms with Gasteiger partial charge in [0.1, 0.15) is 0 Å². The number of rotatable bonds is 6. The van der Waals surface area contributed by atoms with Crippen molar-refractivity contribution in [1.82, 2.24) is 10.6 Å². The fourth-order valence-corrected chi connectivity index (χ4v) is 2.40. The number of fused-ring (bicyclic) bond motifs is 1. The van der Waals surface area contributed by atoms with Crippen molar-refractivity contribution in [2.24, 2.45) is 4.99 Å². The summed E-state index contributed by atoms with van der Waals surface area (Å²) in [6.07, 6.45) is 2.03. The molecule has 0 spiro atoms. The van der Waals surface area contributed by atoms with Crippen LogP contribution in [0.3, 0.4) is 0 Å². The Bertz CT molecular complexity index is 720. The predicted octanol–water partition coefficient (Wildman–Crippen LogP) is 1.56. The number of hydrogen-bond acceptors (Lipinski definition) is 5. The molecule has 1 aliphatic heterocycles. The second-order valence-corrected chi connectivity index (χ2v) is 8.97. The van der Waals surface area contributed by atoms with Crippen molar-refractivity contribution in [3.8, 4) is 11.5 Å². The molecular formula is C16H26IN3O4S. The van der Waals surface area contributed by atoms with Crippen LogP contribution in [0.2, 0.25) is 0 Å². The van der Waals surface area contributed by atoms with Gasteiger partial charge in [0.05, 0.1) is 4.75 Å². The maximum absolute atomic E-state index is 11.7. The molecule has 0 saturated carbocycles. The third kappa shape index (κ3) is 5.91. The van der Waals surface area contributed by atoms with Gasteiger partial charge in [0, 0.05) is 26.4 Å². The summed E-state index contributed by atoms with van der Waals surface area (Å²) < 4.78 is 33.2. The molecule has 0 bridgehead atoms. The van der Waals surface area contributed by atoms with E-state index in [0.29, 0.717) is 12.5 Å². The first-order valence-electron chi connectivity index (χ1n) is 7.75. The lowest BCUT2D eigenvalue weighted by Gasteiger charge is -2.24. The van der Waals surface area contributed by atoms with E-state index in [1.54, 1.807) is 20.9 Å². The number of hydrogen-bond donors (Lipinski definition) is 2. The molecule has 2 rings (SSSR count). The van der Waals surface area contributed by atoms with Crippen LogP contribution in [-0.4, -0.2) is 52.3 Å². The third-order valence-electron chi connectivity index (χ3n) is 4.05. The zero-order chi connectivity index (χ0) is 17.8. The van der Waals surface area contributed by atoms with Gasteiger partial charge in [-0.15, -0.1) is 24.0 Å². The van der Waals surface area contributed by atoms with E-state index in [2.05, 4.69) is 15.6 Å². The second kappa shape index (κ2) is 8.93. The molecule has 1 aliphatic rings. The minimum Gasteiger partial charge on any atom is -0.454 e. The summed E-state index contributed by atoms with van der Waals surface area (Å²) in [5.41, 5.74) is 1.12. The molecule has 1 heterocycles. The van der Waals surface area contributed by atoms with E-state index >= 15 is 0 Å². The topological polar surface area (TPSA) is 89.0 Å². The van der Waals surface area contributed by atoms with Gasteiger partial charge < -0.3 is 20.1 Å². The lowest BCUT2D eigenvalue weighted by atomic mass is 10.1. The largest absolute Gasteiger partial charge is 0.454 e. The lowest BCUT2D eigenvalue weighted by Crippen LogP contribution is -2.48. The molecule has 1 aromatic rings. The van der Waals surface area contributed by atoms with E-state index in [1.807, 2.05) is 18.2 Å². The van der Waals surface area contributed by atoms with Crippen molar-refractivity contribution in [2.75, 3.05) is 33.2 Å². The Kier molecular flexibility index (Phi) is 7.79. The maximum Gasteiger partial charge on any atom is 0.231 e. The van der Waals surface area contributed by atoms with Crippen LogP contribution in [0.15, 0.2) is 23.2 Å². The van der Waals surface area contributed by atoms with Crippen LogP contribution in [-0.2, 0) is 16.3 Å². The molecule has 0 saturated heterocycles. The Morgan fingerprint density at radius 1 is 1.24 bits per heavy atom. The molecule has 0 aliphatic carbocycles. The summed E-state index contributed by atoms with van der Waals surface area (Å²) in [6.45, 7) is 4.60. The normalized spacial score (nSPS) is 14.0. The van der Waals surface area contributed by atoms with Gasteiger partial charge in [-0.25, -0.2) is 8.42 Å². The monoisotopic (exact) mass is 483 g/mol. The van der Waals surface area contributed by atoms with E-state index in [4.69, 9.17) is 9.47 Å². The second-order valence-electron chi connectivity index (χ2n) is 6.32. The first-order chi connectivity index (χ1) is 11.2. The SMILES string of the molecule is CN=C(NCCc1ccc2c(c1)OCO2)NCC(C)(C)S(C)(=O)=O.I. The zero-order valence-corrected chi connectivity index (χ0v) is 18.1. The van der Waals surface area contributed by atoms with Crippen LogP contribution in [0.25, 0.3) is 0 Å². The average molecular weight is 483 g/mol. The molecule has 1 aromatic carbocycles. The number of halogens is 1. The fraction of sp³-hybridized carbons (Fsp3) is 0.562. The average Bonchev–Trinajstić information content (AvgIpc) is 2.97. The number of aliphatic imine (C=N–C) groups is 1. The Morgan fingerprint density at radius 3 is 2.56 bits per heavy atom. The molecule has 25 heavy (non-hydrogen) atoms. The molecule has 0 atom stereocenters. The summed E-state index contributed by atoms with van der Waals surface area (Å²) in [6, 6.07) is 5.87. The first-order valence-corrected chi connectivity index (χ1v) is 9.65. The van der Waals surface area contributed by atoms with Gasteiger partial charge in [-0.3, -0.25) is 4.99 Å². The molecule has 0 radical (unpaired) electrons. The molecule has 9 heteroatoms. The standard InChI is InChI=1S/C16H25N3O4S.HI/c1-16(2,24(4,20)21)10-19-15(17-3)18-8-7-12-5-6-13-14(9-12)23-11-22-13;/h5-6,9H,7-8,10-11H2,1-4H3,(H2,17,18,19);1H. The summed E-state index contributed by atoms with van der Waals surface area (Å²) in [5, 5.41) is 6.24. The minimum atomic E-state index is -3.15. The van der Waals surface area contributed by atoms with E-state index < -0.39 is 14.6 Å². The quantitative estimate of drug-likeness (QED) is 0.363. The van der Waals surface area contributed by atoms with Gasteiger partial charge in [0.2, 0.25) is 6.79 Å². The van der Waals surface area contributed by atoms with Gasteiger partial charge in [-0.1, -0.05) is 6.07 Å². The predicted molar refractivity (Wildman–Crippen MR) is 110 cm³/mol. The van der Waals surface area contributed by atoms with Crippen molar-refractivity contribution < 1.29 is 17.9 Å². The Labute approximate surface area is 166 Å². The van der Waals surface area contributed by atoms with Gasteiger partial charge in [0.15, 0.2) is 27.3 Å². The highest BCUT2D eigenvalue weighted by molar-refractivity contribution is 14.0. The lowest BCUT2D eigenvalue weighted by molar-refractivity contribution is 0.174. The van der Waals surface area contributed by atoms with Gasteiger partial charge in [0.25, 0.3) is 0 Å². The third-order valence-corrected chi connectivity index (χ3v) is 6.20. The minimum absolute atomic E-state index is 0. The molecule has 0 fully saturated rings. The van der Waals surface area contributed by atoms with Crippen LogP contribution in [0.5, 0.6) is 11.5 Å². The first kappa shape index (κ1) is 21.8. The summed E-state index contributed by atoms with van der Waals surface area (Å²) in [4.78, 5) is 4.12. The van der Waals surface area contributed by atoms with Crippen molar-refractivity contribution in [2.45, 2.75) is 25.0 Å². The molecule has 0 unspecified atom stereocenters. The van der Waals surface area contributed by atoms with Crippen LogP contribution in [0.1, 0.15) is 19.4 Å². The number of ether oxygens (including phenoxy) is 2. The summed E-state index contributed by atoms with van der Waals surface area (Å²) >= 11 is 0. The summed E-state index contributed by atoms with van der Waals surface area (Å²) in [5.74, 6) is 2.12. The summed E-state index contributed by atoms with van der Waals surface area (Å²) in [7, 11) is -1.49. The zero-order valence-electron chi connectivity index (χ0n) is 15.0. The highest BCUT2D eigenvalue weighted by Crippen LogP contribution is 2.32. The van der Waals surface area contributed by atoms with Crippen LogP contribution < -0.4 is 20.1 Å². The van der Waals surface area contributed by atoms with E-state index in [9.17, 15) is 8.42 Å². The number of nitrogens with one attached hydrogen (secondary N) is 2. The molecule has 0 amide bonds. The number of sulfone groups is 1. The van der Waals surface area contributed by atoms with E-state index in [0.717, 1.165) is 23.5 Å². The molecular weight excluding hydrogens is 457 g/mol. The Balaban J connectivity index is 0.00000312. The maximum atomic E-state index is 11.7. The molecule has 142 valence electrons. The van der Waals surface area contributed by atoms with Crippen LogP contribution in [0.4, 0.5) is 0 Å². The van der Waals surface area contributed by atoms with Crippen molar-refractivity contribution in [3.05, 3.63) is 23.8 Å². The molecule has 0 aromatic heterocycles. The van der Waals surface area contributed by atoms with E-state index in [-0.39, 0.29) is 37.3 Å². The Morgan fingerprint density at radius 2 is 1.92 bits per heavy atom. The number of benzene rings is 1. The van der Waals surface area contributed by atoms with Crippen LogP contribution in [0, 0.1) is 0 Å². The Hall–Kier alpha value is -1.23. The van der Waals surface area contributed by atoms with E-state index in [1.165, 1.54) is 6.26 Å². The van der Waals surface area contributed by atoms with Crippen molar-refractivity contribution in [1.29, 1.82) is 0 Å².